The number of thioether (sulfide) groups is 1. The zero-order chi connectivity index (χ0) is 12.0. The molecule has 0 atom stereocenters. The number of hydrogen-bond acceptors (Lipinski definition) is 3. The maximum atomic E-state index is 13.5. The Labute approximate surface area is 100 Å². The van der Waals surface area contributed by atoms with Crippen molar-refractivity contribution in [2.45, 2.75) is 25.5 Å². The minimum absolute atomic E-state index is 0.194. The summed E-state index contributed by atoms with van der Waals surface area (Å²) in [6.45, 7) is 2.12. The van der Waals surface area contributed by atoms with Crippen LogP contribution >= 0.6 is 11.8 Å². The molecule has 16 heavy (non-hydrogen) atoms. The summed E-state index contributed by atoms with van der Waals surface area (Å²) in [4.78, 5) is 0. The van der Waals surface area contributed by atoms with E-state index in [1.165, 1.54) is 6.07 Å². The highest BCUT2D eigenvalue weighted by atomic mass is 32.2. The topological polar surface area (TPSA) is 40.5 Å². The van der Waals surface area contributed by atoms with Crippen LogP contribution in [0, 0.1) is 5.82 Å². The van der Waals surface area contributed by atoms with Crippen molar-refractivity contribution in [1.29, 1.82) is 0 Å². The monoisotopic (exact) mass is 242 g/mol. The predicted octanol–water partition coefficient (Wildman–Crippen LogP) is 1.54. The minimum Gasteiger partial charge on any atom is -0.423 e. The minimum atomic E-state index is -1.60. The lowest BCUT2D eigenvalue weighted by atomic mass is 9.80. The van der Waals surface area contributed by atoms with Crippen LogP contribution in [-0.2, 0) is 5.75 Å². The van der Waals surface area contributed by atoms with Crippen LogP contribution in [0.5, 0.6) is 0 Å². The third-order valence-corrected chi connectivity index (χ3v) is 3.37. The van der Waals surface area contributed by atoms with Crippen molar-refractivity contribution in [3.63, 3.8) is 0 Å². The largest absolute Gasteiger partial charge is 0.488 e. The van der Waals surface area contributed by atoms with Gasteiger partial charge < -0.3 is 10.0 Å². The van der Waals surface area contributed by atoms with Crippen LogP contribution in [0.4, 0.5) is 4.39 Å². The molecule has 0 fully saturated rings. The summed E-state index contributed by atoms with van der Waals surface area (Å²) in [5.41, 5.74) is 0.810. The summed E-state index contributed by atoms with van der Waals surface area (Å²) in [6.07, 6.45) is 2.28. The molecular formula is C11H16BFO2S. The van der Waals surface area contributed by atoms with Gasteiger partial charge in [-0.05, 0) is 29.3 Å². The van der Waals surface area contributed by atoms with Crippen LogP contribution in [0.2, 0.25) is 0 Å². The van der Waals surface area contributed by atoms with Gasteiger partial charge in [0.1, 0.15) is 5.82 Å². The van der Waals surface area contributed by atoms with E-state index in [1.807, 2.05) is 0 Å². The molecule has 0 aliphatic heterocycles. The van der Waals surface area contributed by atoms with Crippen molar-refractivity contribution in [2.75, 3.05) is 5.75 Å². The fourth-order valence-electron chi connectivity index (χ4n) is 1.27. The quantitative estimate of drug-likeness (QED) is 0.587. The van der Waals surface area contributed by atoms with E-state index >= 15 is 0 Å². The molecule has 0 saturated carbocycles. The average Bonchev–Trinajstić information content (AvgIpc) is 2.26. The third kappa shape index (κ3) is 4.16. The second-order valence-corrected chi connectivity index (χ2v) is 4.74. The van der Waals surface area contributed by atoms with Gasteiger partial charge in [-0.15, -0.1) is 0 Å². The summed E-state index contributed by atoms with van der Waals surface area (Å²) in [5.74, 6) is 1.29. The second kappa shape index (κ2) is 6.94. The molecule has 0 aliphatic carbocycles. The lowest BCUT2D eigenvalue weighted by molar-refractivity contribution is 0.425. The van der Waals surface area contributed by atoms with Crippen molar-refractivity contribution in [3.05, 3.63) is 29.6 Å². The van der Waals surface area contributed by atoms with E-state index in [2.05, 4.69) is 6.92 Å². The molecule has 0 aliphatic rings. The van der Waals surface area contributed by atoms with Crippen LogP contribution in [0.3, 0.4) is 0 Å². The maximum absolute atomic E-state index is 13.5. The van der Waals surface area contributed by atoms with E-state index in [1.54, 1.807) is 23.9 Å². The van der Waals surface area contributed by atoms with Gasteiger partial charge in [0.25, 0.3) is 0 Å². The molecule has 2 nitrogen and oxygen atoms in total. The normalized spacial score (nSPS) is 10.5. The van der Waals surface area contributed by atoms with Gasteiger partial charge in [-0.3, -0.25) is 0 Å². The molecule has 1 aromatic rings. The van der Waals surface area contributed by atoms with Gasteiger partial charge in [0, 0.05) is 5.75 Å². The predicted molar refractivity (Wildman–Crippen MR) is 67.3 cm³/mol. The van der Waals surface area contributed by atoms with Gasteiger partial charge in [-0.2, -0.15) is 11.8 Å². The molecule has 2 N–H and O–H groups in total. The summed E-state index contributed by atoms with van der Waals surface area (Å²) >= 11 is 1.69. The first-order chi connectivity index (χ1) is 7.65. The Morgan fingerprint density at radius 1 is 1.38 bits per heavy atom. The van der Waals surface area contributed by atoms with Crippen molar-refractivity contribution in [2.24, 2.45) is 0 Å². The Bertz CT molecular complexity index is 334. The standard InChI is InChI=1S/C11H16BFO2S/c1-2-3-6-16-8-9-4-5-10(12(14)15)7-11(9)13/h4-5,7,14-15H,2-3,6,8H2,1H3. The Morgan fingerprint density at radius 2 is 2.12 bits per heavy atom. The molecule has 0 amide bonds. The van der Waals surface area contributed by atoms with Gasteiger partial charge in [0.05, 0.1) is 0 Å². The number of unbranched alkanes of at least 4 members (excludes halogenated alkanes) is 1. The highest BCUT2D eigenvalue weighted by Crippen LogP contribution is 2.15. The van der Waals surface area contributed by atoms with E-state index in [-0.39, 0.29) is 11.3 Å². The first-order valence-electron chi connectivity index (χ1n) is 5.37. The number of halogens is 1. The molecule has 0 heterocycles. The van der Waals surface area contributed by atoms with Gasteiger partial charge in [-0.1, -0.05) is 25.5 Å². The molecule has 0 bridgehead atoms. The fraction of sp³-hybridized carbons (Fsp3) is 0.455. The molecule has 1 aromatic carbocycles. The molecule has 1 rings (SSSR count). The molecule has 88 valence electrons. The third-order valence-electron chi connectivity index (χ3n) is 2.28. The summed E-state index contributed by atoms with van der Waals surface area (Å²) in [5, 5.41) is 17.7. The lowest BCUT2D eigenvalue weighted by Crippen LogP contribution is -2.30. The van der Waals surface area contributed by atoms with Crippen LogP contribution < -0.4 is 5.46 Å². The molecule has 0 radical (unpaired) electrons. The van der Waals surface area contributed by atoms with E-state index in [0.29, 0.717) is 11.3 Å². The van der Waals surface area contributed by atoms with Gasteiger partial charge >= 0.3 is 7.12 Å². The highest BCUT2D eigenvalue weighted by molar-refractivity contribution is 7.98. The lowest BCUT2D eigenvalue weighted by Gasteiger charge is -2.05. The first kappa shape index (κ1) is 13.5. The highest BCUT2D eigenvalue weighted by Gasteiger charge is 2.13. The van der Waals surface area contributed by atoms with Crippen molar-refractivity contribution in [1.82, 2.24) is 0 Å². The molecule has 0 spiro atoms. The molecule has 0 unspecified atom stereocenters. The number of benzene rings is 1. The summed E-state index contributed by atoms with van der Waals surface area (Å²) < 4.78 is 13.5. The van der Waals surface area contributed by atoms with E-state index in [0.717, 1.165) is 18.6 Å². The molecule has 5 heteroatoms. The van der Waals surface area contributed by atoms with Gasteiger partial charge in [0.2, 0.25) is 0 Å². The first-order valence-corrected chi connectivity index (χ1v) is 6.52. The Balaban J connectivity index is 2.54. The second-order valence-electron chi connectivity index (χ2n) is 3.63. The Morgan fingerprint density at radius 3 is 2.69 bits per heavy atom. The van der Waals surface area contributed by atoms with E-state index in [9.17, 15) is 4.39 Å². The van der Waals surface area contributed by atoms with E-state index < -0.39 is 7.12 Å². The van der Waals surface area contributed by atoms with Crippen LogP contribution in [-0.4, -0.2) is 22.9 Å². The average molecular weight is 242 g/mol. The molecular weight excluding hydrogens is 226 g/mol. The SMILES string of the molecule is CCCCSCc1ccc(B(O)O)cc1F. The smallest absolute Gasteiger partial charge is 0.423 e. The fourth-order valence-corrected chi connectivity index (χ4v) is 2.36. The number of rotatable bonds is 6. The van der Waals surface area contributed by atoms with Crippen LogP contribution in [0.15, 0.2) is 18.2 Å². The Hall–Kier alpha value is -0.515. The zero-order valence-corrected chi connectivity index (χ0v) is 10.1. The van der Waals surface area contributed by atoms with E-state index in [4.69, 9.17) is 10.0 Å². The van der Waals surface area contributed by atoms with Gasteiger partial charge in [-0.25, -0.2) is 4.39 Å². The van der Waals surface area contributed by atoms with Crippen molar-refractivity contribution >= 4 is 24.3 Å². The molecule has 0 saturated heterocycles. The molecule has 0 aromatic heterocycles. The Kier molecular flexibility index (Phi) is 5.88. The maximum Gasteiger partial charge on any atom is 0.488 e. The van der Waals surface area contributed by atoms with Crippen LogP contribution in [0.25, 0.3) is 0 Å². The number of hydrogen-bond donors (Lipinski definition) is 2. The summed E-state index contributed by atoms with van der Waals surface area (Å²) in [7, 11) is -1.60. The summed E-state index contributed by atoms with van der Waals surface area (Å²) in [6, 6.07) is 4.34. The van der Waals surface area contributed by atoms with Crippen molar-refractivity contribution in [3.8, 4) is 0 Å². The van der Waals surface area contributed by atoms with Gasteiger partial charge in [0.15, 0.2) is 0 Å². The van der Waals surface area contributed by atoms with Crippen LogP contribution in [0.1, 0.15) is 25.3 Å². The zero-order valence-electron chi connectivity index (χ0n) is 9.32. The van der Waals surface area contributed by atoms with Crippen molar-refractivity contribution < 1.29 is 14.4 Å².